The van der Waals surface area contributed by atoms with Crippen LogP contribution in [-0.4, -0.2) is 45.8 Å². The van der Waals surface area contributed by atoms with Gasteiger partial charge in [0.15, 0.2) is 17.1 Å². The van der Waals surface area contributed by atoms with E-state index in [1.54, 1.807) is 13.0 Å². The van der Waals surface area contributed by atoms with Gasteiger partial charge in [0.2, 0.25) is 0 Å². The summed E-state index contributed by atoms with van der Waals surface area (Å²) in [5.74, 6) is -1.63. The minimum atomic E-state index is -1.94. The molecule has 0 aromatic carbocycles. The molecule has 0 aromatic rings. The quantitative estimate of drug-likeness (QED) is 0.657. The van der Waals surface area contributed by atoms with Crippen LogP contribution in [0.2, 0.25) is 0 Å². The normalized spacial score (nSPS) is 49.7. The molecule has 4 aliphatic carbocycles. The average molecular weight is 420 g/mol. The molecular weight excluding hydrogens is 385 g/mol. The Bertz CT molecular complexity index is 839. The summed E-state index contributed by atoms with van der Waals surface area (Å²) in [5, 5.41) is 25.8. The number of rotatable bonds is 3. The molecule has 0 bridgehead atoms. The lowest BCUT2D eigenvalue weighted by molar-refractivity contribution is -0.219. The van der Waals surface area contributed by atoms with E-state index in [0.29, 0.717) is 25.8 Å². The molecule has 1 amide bonds. The van der Waals surface area contributed by atoms with E-state index in [-0.39, 0.29) is 24.0 Å². The zero-order valence-corrected chi connectivity index (χ0v) is 18.4. The molecule has 3 fully saturated rings. The van der Waals surface area contributed by atoms with Gasteiger partial charge in [0.1, 0.15) is 0 Å². The Morgan fingerprint density at radius 2 is 2.03 bits per heavy atom. The van der Waals surface area contributed by atoms with Crippen LogP contribution in [0.5, 0.6) is 0 Å². The summed E-state index contributed by atoms with van der Waals surface area (Å²) in [6.07, 6.45) is 5.58. The van der Waals surface area contributed by atoms with Gasteiger partial charge in [0.05, 0.1) is 6.10 Å². The fourth-order valence-corrected chi connectivity index (χ4v) is 7.40. The third kappa shape index (κ3) is 2.41. The summed E-state index contributed by atoms with van der Waals surface area (Å²) in [6.45, 7) is 7.90. The fourth-order valence-electron chi connectivity index (χ4n) is 7.40. The van der Waals surface area contributed by atoms with Gasteiger partial charge < -0.3 is 15.5 Å². The lowest BCUT2D eigenvalue weighted by atomic mass is 9.44. The maximum Gasteiger partial charge on any atom is 0.252 e. The number of hydrogen-bond donors (Lipinski definition) is 3. The van der Waals surface area contributed by atoms with E-state index >= 15 is 4.39 Å². The number of aliphatic hydroxyl groups excluding tert-OH is 1. The molecule has 166 valence electrons. The van der Waals surface area contributed by atoms with Crippen molar-refractivity contribution in [1.82, 2.24) is 5.32 Å². The molecule has 0 radical (unpaired) electrons. The standard InChI is InChI=1S/C24H34FNO4/c1-5-10-26-20(29)24(30)14(2)11-18-17-7-6-15-12-16(27)8-9-21(15,3)23(17,25)19(28)13-22(18,24)4/h8-9,12,14,17-19,28,30H,5-7,10-11,13H2,1-4H3,(H,26,29)/t14-,17?,18?,19+,21+,22+,23+,24+/m1/s1. The summed E-state index contributed by atoms with van der Waals surface area (Å²) in [6, 6.07) is 0. The number of nitrogens with one attached hydrogen (secondary N) is 1. The third-order valence-corrected chi connectivity index (χ3v) is 9.10. The van der Waals surface area contributed by atoms with E-state index < -0.39 is 40.0 Å². The van der Waals surface area contributed by atoms with Crippen LogP contribution >= 0.6 is 0 Å². The zero-order chi connectivity index (χ0) is 22.1. The van der Waals surface area contributed by atoms with Crippen molar-refractivity contribution in [3.8, 4) is 0 Å². The van der Waals surface area contributed by atoms with Gasteiger partial charge in [-0.25, -0.2) is 4.39 Å². The van der Waals surface area contributed by atoms with Crippen molar-refractivity contribution in [1.29, 1.82) is 0 Å². The number of aliphatic hydroxyl groups is 2. The molecule has 2 unspecified atom stereocenters. The first-order valence-corrected chi connectivity index (χ1v) is 11.3. The van der Waals surface area contributed by atoms with E-state index in [9.17, 15) is 19.8 Å². The van der Waals surface area contributed by atoms with Crippen molar-refractivity contribution in [2.75, 3.05) is 6.54 Å². The lowest BCUT2D eigenvalue weighted by Gasteiger charge is -2.62. The molecule has 3 saturated carbocycles. The van der Waals surface area contributed by atoms with Gasteiger partial charge in [-0.05, 0) is 63.0 Å². The number of alkyl halides is 1. The van der Waals surface area contributed by atoms with Crippen LogP contribution in [0.25, 0.3) is 0 Å². The molecule has 0 spiro atoms. The van der Waals surface area contributed by atoms with E-state index in [1.807, 2.05) is 20.8 Å². The molecule has 0 aliphatic heterocycles. The van der Waals surface area contributed by atoms with Crippen LogP contribution in [-0.2, 0) is 9.59 Å². The van der Waals surface area contributed by atoms with Gasteiger partial charge in [-0.3, -0.25) is 9.59 Å². The van der Waals surface area contributed by atoms with Crippen molar-refractivity contribution < 1.29 is 24.2 Å². The lowest BCUT2D eigenvalue weighted by Crippen LogP contribution is -2.70. The molecule has 5 nitrogen and oxygen atoms in total. The topological polar surface area (TPSA) is 86.6 Å². The zero-order valence-electron chi connectivity index (χ0n) is 18.4. The van der Waals surface area contributed by atoms with Gasteiger partial charge in [-0.15, -0.1) is 0 Å². The first-order valence-electron chi connectivity index (χ1n) is 11.3. The molecule has 30 heavy (non-hydrogen) atoms. The molecular formula is C24H34FNO4. The van der Waals surface area contributed by atoms with E-state index in [1.165, 1.54) is 12.2 Å². The maximum absolute atomic E-state index is 17.0. The molecule has 6 heteroatoms. The largest absolute Gasteiger partial charge is 0.390 e. The van der Waals surface area contributed by atoms with Crippen LogP contribution in [0.3, 0.4) is 0 Å². The summed E-state index contributed by atoms with van der Waals surface area (Å²) in [7, 11) is 0. The average Bonchev–Trinajstić information content (AvgIpc) is 2.89. The molecule has 3 N–H and O–H groups in total. The number of amides is 1. The molecule has 8 atom stereocenters. The number of hydrogen-bond acceptors (Lipinski definition) is 4. The summed E-state index contributed by atoms with van der Waals surface area (Å²) >= 11 is 0. The van der Waals surface area contributed by atoms with Crippen molar-refractivity contribution in [2.24, 2.45) is 28.6 Å². The number of halogens is 1. The van der Waals surface area contributed by atoms with Gasteiger partial charge in [-0.2, -0.15) is 0 Å². The predicted octanol–water partition coefficient (Wildman–Crippen LogP) is 2.86. The fraction of sp³-hybridized carbons (Fsp3) is 0.750. The second-order valence-electron chi connectivity index (χ2n) is 10.4. The molecule has 4 rings (SSSR count). The van der Waals surface area contributed by atoms with Crippen LogP contribution in [0.1, 0.15) is 59.8 Å². The van der Waals surface area contributed by atoms with Crippen LogP contribution in [0.15, 0.2) is 23.8 Å². The first-order chi connectivity index (χ1) is 14.0. The summed E-state index contributed by atoms with van der Waals surface area (Å²) < 4.78 is 17.0. The maximum atomic E-state index is 17.0. The van der Waals surface area contributed by atoms with E-state index in [0.717, 1.165) is 12.0 Å². The van der Waals surface area contributed by atoms with Gasteiger partial charge >= 0.3 is 0 Å². The van der Waals surface area contributed by atoms with Crippen molar-refractivity contribution in [3.63, 3.8) is 0 Å². The Labute approximate surface area is 177 Å². The van der Waals surface area contributed by atoms with Crippen molar-refractivity contribution >= 4 is 11.7 Å². The monoisotopic (exact) mass is 419 g/mol. The summed E-state index contributed by atoms with van der Waals surface area (Å²) in [5.41, 5.74) is -4.83. The van der Waals surface area contributed by atoms with Crippen LogP contribution in [0.4, 0.5) is 4.39 Å². The number of ketones is 1. The predicted molar refractivity (Wildman–Crippen MR) is 111 cm³/mol. The first kappa shape index (κ1) is 21.7. The Morgan fingerprint density at radius 1 is 1.33 bits per heavy atom. The highest BCUT2D eigenvalue weighted by Gasteiger charge is 2.75. The smallest absolute Gasteiger partial charge is 0.252 e. The molecule has 0 saturated heterocycles. The third-order valence-electron chi connectivity index (χ3n) is 9.10. The second kappa shape index (κ2) is 6.73. The van der Waals surface area contributed by atoms with Gasteiger partial charge in [0.25, 0.3) is 5.91 Å². The second-order valence-corrected chi connectivity index (χ2v) is 10.4. The van der Waals surface area contributed by atoms with E-state index in [4.69, 9.17) is 0 Å². The van der Waals surface area contributed by atoms with Crippen molar-refractivity contribution in [2.45, 2.75) is 77.2 Å². The number of allylic oxidation sites excluding steroid dienone is 4. The Hall–Kier alpha value is -1.53. The van der Waals surface area contributed by atoms with Crippen LogP contribution < -0.4 is 5.32 Å². The Morgan fingerprint density at radius 3 is 2.70 bits per heavy atom. The minimum absolute atomic E-state index is 0.00963. The Balaban J connectivity index is 1.77. The number of carbonyl (C=O) groups excluding carboxylic acids is 2. The van der Waals surface area contributed by atoms with Gasteiger partial charge in [0, 0.05) is 23.3 Å². The highest BCUT2D eigenvalue weighted by atomic mass is 19.1. The Kier molecular flexibility index (Phi) is 4.87. The summed E-state index contributed by atoms with van der Waals surface area (Å²) in [4.78, 5) is 25.0. The highest BCUT2D eigenvalue weighted by Crippen LogP contribution is 2.70. The number of carbonyl (C=O) groups is 2. The van der Waals surface area contributed by atoms with Crippen LogP contribution in [0, 0.1) is 28.6 Å². The highest BCUT2D eigenvalue weighted by molar-refractivity contribution is 6.01. The van der Waals surface area contributed by atoms with Crippen molar-refractivity contribution in [3.05, 3.63) is 23.8 Å². The SMILES string of the molecule is CCCNC(=O)[C@@]1(O)[C@H](C)CC2C3CCC4=CC(=O)C=C[C@]4(C)[C@@]3(F)[C@@H](O)C[C@@]21C. The molecule has 0 aromatic heterocycles. The van der Waals surface area contributed by atoms with Gasteiger partial charge in [-0.1, -0.05) is 32.4 Å². The molecule has 4 aliphatic rings. The number of fused-ring (bicyclic) bond motifs is 5. The minimum Gasteiger partial charge on any atom is -0.390 e. The van der Waals surface area contributed by atoms with E-state index in [2.05, 4.69) is 5.32 Å². The molecule has 0 heterocycles.